The van der Waals surface area contributed by atoms with E-state index in [0.29, 0.717) is 10.3 Å². The molecule has 298 valence electrons. The Hall–Kier alpha value is -5.42. The van der Waals surface area contributed by atoms with Gasteiger partial charge in [0.05, 0.1) is 12.1 Å². The number of aliphatic hydroxyl groups is 2. The summed E-state index contributed by atoms with van der Waals surface area (Å²) >= 11 is 2.73. The van der Waals surface area contributed by atoms with Crippen LogP contribution in [0.2, 0.25) is 0 Å². The van der Waals surface area contributed by atoms with Crippen LogP contribution in [0.4, 0.5) is 10.3 Å². The molecule has 0 unspecified atom stereocenters. The fraction of sp³-hybridized carbons (Fsp3) is 0.350. The number of aromatic nitrogens is 2. The number of amides is 4. The average molecular weight is 803 g/mol. The van der Waals surface area contributed by atoms with Gasteiger partial charge in [0.15, 0.2) is 10.3 Å². The normalized spacial score (nSPS) is 14.8. The Morgan fingerprint density at radius 3 is 1.30 bits per heavy atom. The van der Waals surface area contributed by atoms with Crippen LogP contribution in [0, 0.1) is 11.8 Å². The van der Waals surface area contributed by atoms with Crippen molar-refractivity contribution in [2.24, 2.45) is 11.8 Å². The monoisotopic (exact) mass is 802 g/mol. The highest BCUT2D eigenvalue weighted by Gasteiger charge is 2.37. The molecule has 0 aliphatic heterocycles. The quantitative estimate of drug-likeness (QED) is 0.0575. The molecule has 2 aromatic heterocycles. The van der Waals surface area contributed by atoms with Crippen molar-refractivity contribution in [3.63, 3.8) is 0 Å². The lowest BCUT2D eigenvalue weighted by Crippen LogP contribution is -2.61. The Kier molecular flexibility index (Phi) is 17.2. The highest BCUT2D eigenvalue weighted by atomic mass is 32.1. The summed E-state index contributed by atoms with van der Waals surface area (Å²) in [5, 5.41) is 45.6. The predicted molar refractivity (Wildman–Crippen MR) is 219 cm³/mol. The molecule has 4 aromatic rings. The molecule has 0 saturated heterocycles. The van der Waals surface area contributed by atoms with Crippen molar-refractivity contribution in [1.82, 2.24) is 31.2 Å². The van der Waals surface area contributed by atoms with Gasteiger partial charge in [-0.1, -0.05) is 88.4 Å². The number of hydrogen-bond donors (Lipinski definition) is 8. The molecule has 16 heteroatoms. The molecule has 0 saturated carbocycles. The molecule has 2 aromatic carbocycles. The van der Waals surface area contributed by atoms with Crippen LogP contribution in [-0.4, -0.2) is 80.2 Å². The van der Waals surface area contributed by atoms with Crippen LogP contribution < -0.4 is 31.9 Å². The third-order valence-corrected chi connectivity index (χ3v) is 10.1. The minimum atomic E-state index is -1.59. The molecule has 0 aliphatic carbocycles. The lowest BCUT2D eigenvalue weighted by molar-refractivity contribution is -0.131. The highest BCUT2D eigenvalue weighted by Crippen LogP contribution is 2.17. The molecule has 56 heavy (non-hydrogen) atoms. The van der Waals surface area contributed by atoms with Gasteiger partial charge >= 0.3 is 0 Å². The number of nitrogens with zero attached hydrogens (tertiary/aromatic N) is 2. The average Bonchev–Trinajstić information content (AvgIpc) is 3.91. The van der Waals surface area contributed by atoms with Gasteiger partial charge in [-0.3, -0.25) is 19.2 Å². The smallest absolute Gasteiger partial charge is 0.246 e. The maximum atomic E-state index is 13.9. The summed E-state index contributed by atoms with van der Waals surface area (Å²) in [5.74, 6) is -2.86. The number of carbonyl (C=O) groups excluding carboxylic acids is 4. The molecule has 0 fully saturated rings. The van der Waals surface area contributed by atoms with E-state index < -0.39 is 60.0 Å². The lowest BCUT2D eigenvalue weighted by Gasteiger charge is -2.35. The number of nitrogens with one attached hydrogen (secondary N) is 6. The summed E-state index contributed by atoms with van der Waals surface area (Å²) in [7, 11) is 0. The van der Waals surface area contributed by atoms with Crippen LogP contribution in [0.3, 0.4) is 0 Å². The lowest BCUT2D eigenvalue weighted by atomic mass is 9.90. The molecule has 14 nitrogen and oxygen atoms in total. The highest BCUT2D eigenvalue weighted by molar-refractivity contribution is 7.13. The van der Waals surface area contributed by atoms with Crippen LogP contribution >= 0.6 is 22.7 Å². The summed E-state index contributed by atoms with van der Waals surface area (Å²) in [6, 6.07) is 14.2. The first-order valence-corrected chi connectivity index (χ1v) is 20.0. The maximum Gasteiger partial charge on any atom is 0.246 e. The zero-order chi connectivity index (χ0) is 40.5. The van der Waals surface area contributed by atoms with E-state index in [0.717, 1.165) is 11.1 Å². The van der Waals surface area contributed by atoms with Gasteiger partial charge in [-0.05, 0) is 35.8 Å². The zero-order valence-electron chi connectivity index (χ0n) is 31.7. The summed E-state index contributed by atoms with van der Waals surface area (Å²) in [6.07, 6.45) is 5.68. The van der Waals surface area contributed by atoms with Crippen LogP contribution in [0.15, 0.2) is 108 Å². The van der Waals surface area contributed by atoms with E-state index in [2.05, 4.69) is 41.9 Å². The summed E-state index contributed by atoms with van der Waals surface area (Å²) in [6.45, 7) is 7.12. The van der Waals surface area contributed by atoms with Crippen LogP contribution in [0.25, 0.3) is 0 Å². The molecule has 4 amide bonds. The van der Waals surface area contributed by atoms with Crippen molar-refractivity contribution < 1.29 is 29.4 Å². The number of hydrogen-bond acceptors (Lipinski definition) is 12. The summed E-state index contributed by atoms with van der Waals surface area (Å²) in [4.78, 5) is 61.6. The molecule has 2 heterocycles. The second-order valence-corrected chi connectivity index (χ2v) is 15.5. The second-order valence-electron chi connectivity index (χ2n) is 13.7. The number of rotatable bonds is 21. The first-order valence-electron chi connectivity index (χ1n) is 18.2. The molecule has 8 N–H and O–H groups in total. The van der Waals surface area contributed by atoms with E-state index in [1.54, 1.807) is 50.8 Å². The van der Waals surface area contributed by atoms with Gasteiger partial charge in [-0.2, -0.15) is 0 Å². The molecule has 0 aliphatic rings. The molecular weight excluding hydrogens is 753 g/mol. The Labute approximate surface area is 335 Å². The first kappa shape index (κ1) is 43.3. The Balaban J connectivity index is 1.53. The van der Waals surface area contributed by atoms with E-state index in [1.165, 1.54) is 47.2 Å². The molecule has 4 rings (SSSR count). The largest absolute Gasteiger partial charge is 0.388 e. The molecule has 0 bridgehead atoms. The molecule has 6 atom stereocenters. The van der Waals surface area contributed by atoms with Gasteiger partial charge in [0.1, 0.15) is 24.3 Å². The van der Waals surface area contributed by atoms with Crippen LogP contribution in [0.1, 0.15) is 38.8 Å². The SMILES string of the molecule is CC(C)[C@H](NC(=O)/C=C/Nc1nccs1)C(=O)N[C@@H](Cc1ccccc1)[C@@H](O)[C@H](O)[C@H](Cc1ccccc1)NC(=O)[C@@H](NC(=O)/C=C/Nc1nccs1)C(C)C. The van der Waals surface area contributed by atoms with E-state index >= 15 is 0 Å². The predicted octanol–water partition coefficient (Wildman–Crippen LogP) is 3.61. The van der Waals surface area contributed by atoms with E-state index in [9.17, 15) is 29.4 Å². The van der Waals surface area contributed by atoms with Crippen molar-refractivity contribution in [1.29, 1.82) is 0 Å². The second kappa shape index (κ2) is 22.2. The number of thiazole rings is 2. The van der Waals surface area contributed by atoms with Gasteiger partial charge in [0.2, 0.25) is 23.6 Å². The molecular formula is C40H50N8O6S2. The van der Waals surface area contributed by atoms with Gasteiger partial charge in [-0.15, -0.1) is 22.7 Å². The Morgan fingerprint density at radius 1 is 0.607 bits per heavy atom. The number of aliphatic hydroxyl groups excluding tert-OH is 2. The number of carbonyl (C=O) groups is 4. The summed E-state index contributed by atoms with van der Waals surface area (Å²) < 4.78 is 0. The van der Waals surface area contributed by atoms with Gasteiger partial charge in [0, 0.05) is 47.7 Å². The standard InChI is InChI=1S/C40H50N8O6S2/c1-25(2)33(47-31(49)15-17-41-39-43-19-21-55-39)37(53)45-29(23-27-11-7-5-8-12-27)35(51)36(52)30(24-28-13-9-6-10-14-28)46-38(54)34(26(3)4)48-32(50)16-18-42-40-44-20-22-56-40/h5-22,25-26,29-30,33-36,51-52H,23-24H2,1-4H3,(H,41,43)(H,42,44)(H,45,53)(H,46,54)(H,47,49)(H,48,50)/b17-15+,18-16+/t29-,30-,33-,34-,35+,36+/m0/s1. The number of anilines is 2. The third kappa shape index (κ3) is 14.0. The molecule has 0 spiro atoms. The molecule has 0 radical (unpaired) electrons. The fourth-order valence-corrected chi connectivity index (χ4v) is 6.73. The number of benzene rings is 2. The van der Waals surface area contributed by atoms with Gasteiger partial charge in [0.25, 0.3) is 0 Å². The van der Waals surface area contributed by atoms with Crippen molar-refractivity contribution in [2.75, 3.05) is 10.6 Å². The van der Waals surface area contributed by atoms with Crippen LogP contribution in [-0.2, 0) is 32.0 Å². The maximum absolute atomic E-state index is 13.9. The fourth-order valence-electron chi connectivity index (χ4n) is 5.71. The minimum absolute atomic E-state index is 0.124. The van der Waals surface area contributed by atoms with Crippen molar-refractivity contribution in [3.8, 4) is 0 Å². The third-order valence-electron chi connectivity index (χ3n) is 8.67. The van der Waals surface area contributed by atoms with Crippen molar-refractivity contribution in [2.45, 2.75) is 76.9 Å². The first-order chi connectivity index (χ1) is 26.9. The Bertz CT molecular complexity index is 1720. The van der Waals surface area contributed by atoms with E-state index in [4.69, 9.17) is 0 Å². The van der Waals surface area contributed by atoms with E-state index in [1.807, 2.05) is 60.7 Å². The Morgan fingerprint density at radius 2 is 0.982 bits per heavy atom. The summed E-state index contributed by atoms with van der Waals surface area (Å²) in [5.41, 5.74) is 1.54. The van der Waals surface area contributed by atoms with Gasteiger partial charge in [-0.25, -0.2) is 9.97 Å². The van der Waals surface area contributed by atoms with Crippen LogP contribution in [0.5, 0.6) is 0 Å². The van der Waals surface area contributed by atoms with Gasteiger partial charge < -0.3 is 42.1 Å². The van der Waals surface area contributed by atoms with E-state index in [-0.39, 0.29) is 24.7 Å². The van der Waals surface area contributed by atoms with Crippen molar-refractivity contribution in [3.05, 3.63) is 119 Å². The minimum Gasteiger partial charge on any atom is -0.388 e. The topological polar surface area (TPSA) is 207 Å². The van der Waals surface area contributed by atoms with Crippen molar-refractivity contribution >= 4 is 56.6 Å². The zero-order valence-corrected chi connectivity index (χ0v) is 33.3.